The summed E-state index contributed by atoms with van der Waals surface area (Å²) in [4.78, 5) is 12.4. The fourth-order valence-electron chi connectivity index (χ4n) is 4.24. The van der Waals surface area contributed by atoms with Crippen LogP contribution in [0.4, 0.5) is 0 Å². The van der Waals surface area contributed by atoms with Crippen molar-refractivity contribution in [1.82, 2.24) is 0 Å². The van der Waals surface area contributed by atoms with Crippen LogP contribution in [0.5, 0.6) is 5.75 Å². The van der Waals surface area contributed by atoms with Crippen LogP contribution in [0.3, 0.4) is 0 Å². The van der Waals surface area contributed by atoms with Crippen molar-refractivity contribution in [2.45, 2.75) is 128 Å². The van der Waals surface area contributed by atoms with E-state index in [0.717, 1.165) is 24.0 Å². The Kier molecular flexibility index (Phi) is 18.3. The average Bonchev–Trinajstić information content (AvgIpc) is 2.81. The number of phenolic OH excluding ortho intramolecular Hbond substituents is 1. The van der Waals surface area contributed by atoms with E-state index in [2.05, 4.69) is 6.92 Å². The Morgan fingerprint density at radius 2 is 1.33 bits per heavy atom. The molecule has 0 fully saturated rings. The molecule has 1 unspecified atom stereocenters. The third-order valence-corrected chi connectivity index (χ3v) is 7.40. The number of aryl methyl sites for hydroxylation is 1. The zero-order valence-corrected chi connectivity index (χ0v) is 22.5. The van der Waals surface area contributed by atoms with Crippen LogP contribution in [0.15, 0.2) is 18.2 Å². The Labute approximate surface area is 208 Å². The van der Waals surface area contributed by atoms with Crippen LogP contribution >= 0.6 is 11.8 Å². The van der Waals surface area contributed by atoms with Crippen LogP contribution in [-0.4, -0.2) is 29.2 Å². The smallest absolute Gasteiger partial charge is 0.319 e. The fraction of sp³-hybridized carbons (Fsp3) is 0.759. The Bertz CT molecular complexity index is 617. The summed E-state index contributed by atoms with van der Waals surface area (Å²) in [6, 6.07) is 5.53. The maximum Gasteiger partial charge on any atom is 0.319 e. The SMILES string of the molecule is CCCCCCCCCCCCCCCCCCOC(=O)C(Cc1ccc(O)c(C)c1)SC. The highest BCUT2D eigenvalue weighted by Gasteiger charge is 2.19. The van der Waals surface area contributed by atoms with Crippen molar-refractivity contribution < 1.29 is 14.6 Å². The lowest BCUT2D eigenvalue weighted by atomic mass is 10.0. The van der Waals surface area contributed by atoms with Gasteiger partial charge < -0.3 is 9.84 Å². The topological polar surface area (TPSA) is 46.5 Å². The fourth-order valence-corrected chi connectivity index (χ4v) is 4.86. The Balaban J connectivity index is 1.94. The predicted octanol–water partition coefficient (Wildman–Crippen LogP) is 8.78. The van der Waals surface area contributed by atoms with Crippen molar-refractivity contribution in [2.75, 3.05) is 12.9 Å². The number of benzene rings is 1. The van der Waals surface area contributed by atoms with Crippen LogP contribution in [0.2, 0.25) is 0 Å². The third-order valence-electron chi connectivity index (χ3n) is 6.47. The number of phenols is 1. The van der Waals surface area contributed by atoms with E-state index in [1.807, 2.05) is 25.3 Å². The number of hydrogen-bond acceptors (Lipinski definition) is 4. The average molecular weight is 479 g/mol. The second-order valence-corrected chi connectivity index (χ2v) is 10.6. The van der Waals surface area contributed by atoms with Gasteiger partial charge in [-0.15, -0.1) is 11.8 Å². The Hall–Kier alpha value is -1.16. The van der Waals surface area contributed by atoms with Gasteiger partial charge in [0.05, 0.1) is 6.61 Å². The van der Waals surface area contributed by atoms with Crippen LogP contribution in [-0.2, 0) is 16.0 Å². The Morgan fingerprint density at radius 3 is 1.79 bits per heavy atom. The van der Waals surface area contributed by atoms with Crippen LogP contribution in [0.25, 0.3) is 0 Å². The molecule has 0 aliphatic carbocycles. The van der Waals surface area contributed by atoms with E-state index in [1.54, 1.807) is 6.07 Å². The van der Waals surface area contributed by atoms with Gasteiger partial charge in [0.2, 0.25) is 0 Å². The first-order chi connectivity index (χ1) is 16.1. The molecule has 3 nitrogen and oxygen atoms in total. The normalized spacial score (nSPS) is 12.1. The molecule has 0 heterocycles. The standard InChI is InChI=1S/C29H50O3S/c1-4-5-6-7-8-9-10-11-12-13-14-15-16-17-18-19-22-32-29(31)28(33-3)24-26-20-21-27(30)25(2)23-26/h20-21,23,28,30H,4-19,22,24H2,1-3H3. The van der Waals surface area contributed by atoms with Crippen LogP contribution in [0, 0.1) is 6.92 Å². The number of rotatable bonds is 21. The summed E-state index contributed by atoms with van der Waals surface area (Å²) in [5, 5.41) is 9.48. The summed E-state index contributed by atoms with van der Waals surface area (Å²) in [5.74, 6) is 0.180. The molecule has 0 aliphatic rings. The first-order valence-electron chi connectivity index (χ1n) is 13.6. The minimum absolute atomic E-state index is 0.116. The van der Waals surface area contributed by atoms with Gasteiger partial charge in [0.1, 0.15) is 11.0 Å². The molecule has 190 valence electrons. The van der Waals surface area contributed by atoms with Crippen molar-refractivity contribution in [3.8, 4) is 5.75 Å². The zero-order valence-electron chi connectivity index (χ0n) is 21.7. The lowest BCUT2D eigenvalue weighted by molar-refractivity contribution is -0.143. The summed E-state index contributed by atoms with van der Waals surface area (Å²) in [7, 11) is 0. The molecule has 1 rings (SSSR count). The minimum Gasteiger partial charge on any atom is -0.508 e. The number of carbonyl (C=O) groups excluding carboxylic acids is 1. The summed E-state index contributed by atoms with van der Waals surface area (Å²) >= 11 is 1.54. The van der Waals surface area contributed by atoms with E-state index in [-0.39, 0.29) is 11.2 Å². The molecule has 0 saturated carbocycles. The van der Waals surface area contributed by atoms with Crippen molar-refractivity contribution >= 4 is 17.7 Å². The molecule has 4 heteroatoms. The van der Waals surface area contributed by atoms with Gasteiger partial charge in [-0.05, 0) is 43.2 Å². The van der Waals surface area contributed by atoms with Gasteiger partial charge in [-0.3, -0.25) is 4.79 Å². The van der Waals surface area contributed by atoms with Gasteiger partial charge in [-0.2, -0.15) is 0 Å². The van der Waals surface area contributed by atoms with E-state index in [1.165, 1.54) is 102 Å². The predicted molar refractivity (Wildman–Crippen MR) is 144 cm³/mol. The maximum absolute atomic E-state index is 12.4. The molecule has 1 aromatic rings. The van der Waals surface area contributed by atoms with Gasteiger partial charge in [0.25, 0.3) is 0 Å². The molecule has 0 amide bonds. The van der Waals surface area contributed by atoms with Crippen LogP contribution in [0.1, 0.15) is 121 Å². The van der Waals surface area contributed by atoms with Crippen LogP contribution < -0.4 is 0 Å². The van der Waals surface area contributed by atoms with Gasteiger partial charge in [0.15, 0.2) is 0 Å². The first kappa shape index (κ1) is 29.9. The highest BCUT2D eigenvalue weighted by Crippen LogP contribution is 2.21. The number of thioether (sulfide) groups is 1. The highest BCUT2D eigenvalue weighted by atomic mass is 32.2. The van der Waals surface area contributed by atoms with Gasteiger partial charge in [-0.25, -0.2) is 0 Å². The molecular formula is C29H50O3S. The van der Waals surface area contributed by atoms with Gasteiger partial charge >= 0.3 is 5.97 Å². The Morgan fingerprint density at radius 1 is 0.848 bits per heavy atom. The van der Waals surface area contributed by atoms with Crippen molar-refractivity contribution in [3.63, 3.8) is 0 Å². The molecule has 1 atom stereocenters. The molecule has 1 aromatic carbocycles. The first-order valence-corrected chi connectivity index (χ1v) is 14.8. The molecule has 0 aliphatic heterocycles. The second kappa shape index (κ2) is 20.2. The van der Waals surface area contributed by atoms with E-state index in [0.29, 0.717) is 18.8 Å². The van der Waals surface area contributed by atoms with Gasteiger partial charge in [0, 0.05) is 0 Å². The lowest BCUT2D eigenvalue weighted by Crippen LogP contribution is -2.23. The summed E-state index contributed by atoms with van der Waals surface area (Å²) in [5.41, 5.74) is 1.90. The quantitative estimate of drug-likeness (QED) is 0.142. The molecule has 0 bridgehead atoms. The van der Waals surface area contributed by atoms with Crippen molar-refractivity contribution in [1.29, 1.82) is 0 Å². The molecule has 33 heavy (non-hydrogen) atoms. The van der Waals surface area contributed by atoms with E-state index >= 15 is 0 Å². The summed E-state index contributed by atoms with van der Waals surface area (Å²) in [6.07, 6.45) is 24.1. The summed E-state index contributed by atoms with van der Waals surface area (Å²) < 4.78 is 5.53. The number of hydrogen-bond donors (Lipinski definition) is 1. The molecule has 0 saturated heterocycles. The maximum atomic E-state index is 12.4. The molecule has 0 spiro atoms. The number of ether oxygens (including phenoxy) is 1. The third kappa shape index (κ3) is 15.4. The van der Waals surface area contributed by atoms with E-state index < -0.39 is 0 Å². The van der Waals surface area contributed by atoms with E-state index in [9.17, 15) is 9.90 Å². The number of carbonyl (C=O) groups is 1. The lowest BCUT2D eigenvalue weighted by Gasteiger charge is -2.14. The zero-order chi connectivity index (χ0) is 24.2. The second-order valence-electron chi connectivity index (χ2n) is 9.52. The highest BCUT2D eigenvalue weighted by molar-refractivity contribution is 7.99. The minimum atomic E-state index is -0.185. The summed E-state index contributed by atoms with van der Waals surface area (Å²) in [6.45, 7) is 4.69. The molecule has 1 N–H and O–H groups in total. The number of aromatic hydroxyl groups is 1. The van der Waals surface area contributed by atoms with E-state index in [4.69, 9.17) is 4.74 Å². The number of esters is 1. The van der Waals surface area contributed by atoms with Gasteiger partial charge in [-0.1, -0.05) is 115 Å². The molecule has 0 aromatic heterocycles. The monoisotopic (exact) mass is 478 g/mol. The largest absolute Gasteiger partial charge is 0.508 e. The molecular weight excluding hydrogens is 428 g/mol. The number of unbranched alkanes of at least 4 members (excludes halogenated alkanes) is 15. The van der Waals surface area contributed by atoms with Crippen molar-refractivity contribution in [3.05, 3.63) is 29.3 Å². The molecule has 0 radical (unpaired) electrons. The van der Waals surface area contributed by atoms with Crippen molar-refractivity contribution in [2.24, 2.45) is 0 Å².